The van der Waals surface area contributed by atoms with Gasteiger partial charge in [0.15, 0.2) is 11.2 Å². The van der Waals surface area contributed by atoms with Gasteiger partial charge in [-0.15, -0.1) is 0 Å². The third-order valence-electron chi connectivity index (χ3n) is 3.38. The Morgan fingerprint density at radius 1 is 1.60 bits per heavy atom. The number of rotatable bonds is 2. The molecule has 1 atom stereocenters. The van der Waals surface area contributed by atoms with Crippen molar-refractivity contribution in [3.8, 4) is 0 Å². The smallest absolute Gasteiger partial charge is 0.333 e. The molecule has 2 aromatic rings. The summed E-state index contributed by atoms with van der Waals surface area (Å²) in [6.07, 6.45) is 4.56. The second kappa shape index (κ2) is 4.48. The Balaban J connectivity index is 1.97. The Labute approximate surface area is 113 Å². The number of nitrogens with one attached hydrogen (secondary N) is 1. The number of carbonyl (C=O) groups excluding carboxylic acids is 1. The number of imidazole rings is 1. The van der Waals surface area contributed by atoms with Gasteiger partial charge < -0.3 is 15.0 Å². The number of carbonyl (C=O) groups is 1. The predicted octanol–water partition coefficient (Wildman–Crippen LogP) is 0.136. The van der Waals surface area contributed by atoms with Gasteiger partial charge in [0.25, 0.3) is 5.56 Å². The van der Waals surface area contributed by atoms with Crippen molar-refractivity contribution in [1.82, 2.24) is 19.5 Å². The first-order valence-corrected chi connectivity index (χ1v) is 6.10. The van der Waals surface area contributed by atoms with Crippen molar-refractivity contribution in [2.75, 3.05) is 12.8 Å². The first-order valence-electron chi connectivity index (χ1n) is 6.10. The second-order valence-electron chi connectivity index (χ2n) is 4.59. The van der Waals surface area contributed by atoms with Gasteiger partial charge in [0, 0.05) is 18.0 Å². The number of nitrogens with zero attached hydrogens (tertiary/aromatic N) is 3. The number of nitrogen functional groups attached to an aromatic ring is 1. The SMILES string of the molecule is COC(=O)C1=CCC(n2cnc3c(=O)[nH]c(N)nc32)C1. The minimum absolute atomic E-state index is 0.0113. The lowest BCUT2D eigenvalue weighted by molar-refractivity contribution is -0.136. The molecule has 2 aromatic heterocycles. The van der Waals surface area contributed by atoms with Crippen LogP contribution in [0.3, 0.4) is 0 Å². The summed E-state index contributed by atoms with van der Waals surface area (Å²) in [4.78, 5) is 33.8. The maximum Gasteiger partial charge on any atom is 0.333 e. The molecule has 0 saturated heterocycles. The van der Waals surface area contributed by atoms with Gasteiger partial charge in [-0.05, 0) is 6.42 Å². The molecular weight excluding hydrogens is 262 g/mol. The summed E-state index contributed by atoms with van der Waals surface area (Å²) >= 11 is 0. The van der Waals surface area contributed by atoms with Crippen molar-refractivity contribution in [2.45, 2.75) is 18.9 Å². The maximum absolute atomic E-state index is 11.7. The van der Waals surface area contributed by atoms with Crippen molar-refractivity contribution < 1.29 is 9.53 Å². The predicted molar refractivity (Wildman–Crippen MR) is 70.9 cm³/mol. The van der Waals surface area contributed by atoms with E-state index in [2.05, 4.69) is 15.0 Å². The molecule has 0 aromatic carbocycles. The highest BCUT2D eigenvalue weighted by atomic mass is 16.5. The first kappa shape index (κ1) is 12.4. The summed E-state index contributed by atoms with van der Waals surface area (Å²) in [5, 5.41) is 0. The second-order valence-corrected chi connectivity index (χ2v) is 4.59. The van der Waals surface area contributed by atoms with Crippen LogP contribution in [0.5, 0.6) is 0 Å². The van der Waals surface area contributed by atoms with E-state index >= 15 is 0 Å². The largest absolute Gasteiger partial charge is 0.466 e. The van der Waals surface area contributed by atoms with Gasteiger partial charge in [0.05, 0.1) is 13.4 Å². The number of methoxy groups -OCH3 is 1. The number of ether oxygens (including phenoxy) is 1. The molecule has 0 spiro atoms. The summed E-state index contributed by atoms with van der Waals surface area (Å²) < 4.78 is 6.47. The average molecular weight is 275 g/mol. The van der Waals surface area contributed by atoms with Crippen LogP contribution in [-0.4, -0.2) is 32.6 Å². The Kier molecular flexibility index (Phi) is 2.78. The Morgan fingerprint density at radius 3 is 3.15 bits per heavy atom. The van der Waals surface area contributed by atoms with Crippen molar-refractivity contribution in [2.24, 2.45) is 0 Å². The Hall–Kier alpha value is -2.64. The first-order chi connectivity index (χ1) is 9.60. The molecule has 0 radical (unpaired) electrons. The highest BCUT2D eigenvalue weighted by molar-refractivity contribution is 5.89. The summed E-state index contributed by atoms with van der Waals surface area (Å²) in [7, 11) is 1.35. The van der Waals surface area contributed by atoms with E-state index in [1.807, 2.05) is 6.08 Å². The molecule has 8 nitrogen and oxygen atoms in total. The standard InChI is InChI=1S/C12H13N5O3/c1-20-11(19)6-2-3-7(4-6)17-5-14-8-9(17)15-12(13)16-10(8)18/h2,5,7H,3-4H2,1H3,(H3,13,15,16,18). The number of H-pyrrole nitrogens is 1. The zero-order chi connectivity index (χ0) is 14.3. The third kappa shape index (κ3) is 1.85. The summed E-state index contributed by atoms with van der Waals surface area (Å²) in [5.41, 5.74) is 6.47. The van der Waals surface area contributed by atoms with Crippen LogP contribution in [0.2, 0.25) is 0 Å². The molecule has 0 saturated carbocycles. The summed E-state index contributed by atoms with van der Waals surface area (Å²) in [5.74, 6) is -0.286. The van der Waals surface area contributed by atoms with Gasteiger partial charge in [-0.1, -0.05) is 6.08 Å². The molecular formula is C12H13N5O3. The number of hydrogen-bond acceptors (Lipinski definition) is 6. The normalized spacial score (nSPS) is 18.2. The molecule has 1 aliphatic rings. The van der Waals surface area contributed by atoms with E-state index in [4.69, 9.17) is 10.5 Å². The zero-order valence-electron chi connectivity index (χ0n) is 10.8. The molecule has 8 heteroatoms. The molecule has 3 rings (SSSR count). The minimum Gasteiger partial charge on any atom is -0.466 e. The Bertz CT molecular complexity index is 773. The van der Waals surface area contributed by atoms with E-state index in [0.717, 1.165) is 0 Å². The topological polar surface area (TPSA) is 116 Å². The Morgan fingerprint density at radius 2 is 2.40 bits per heavy atom. The number of aromatic nitrogens is 4. The van der Waals surface area contributed by atoms with Gasteiger partial charge in [0.1, 0.15) is 0 Å². The number of aromatic amines is 1. The van der Waals surface area contributed by atoms with Crippen LogP contribution in [0.15, 0.2) is 22.8 Å². The van der Waals surface area contributed by atoms with Crippen molar-refractivity contribution in [3.05, 3.63) is 28.3 Å². The molecule has 20 heavy (non-hydrogen) atoms. The van der Waals surface area contributed by atoms with Gasteiger partial charge in [-0.2, -0.15) is 4.98 Å². The fraction of sp³-hybridized carbons (Fsp3) is 0.333. The third-order valence-corrected chi connectivity index (χ3v) is 3.38. The van der Waals surface area contributed by atoms with Crippen LogP contribution in [-0.2, 0) is 9.53 Å². The van der Waals surface area contributed by atoms with E-state index in [9.17, 15) is 9.59 Å². The molecule has 104 valence electrons. The van der Waals surface area contributed by atoms with Gasteiger partial charge >= 0.3 is 5.97 Å². The van der Waals surface area contributed by atoms with E-state index in [0.29, 0.717) is 24.1 Å². The van der Waals surface area contributed by atoms with Crippen LogP contribution in [0, 0.1) is 0 Å². The quantitative estimate of drug-likeness (QED) is 0.753. The summed E-state index contributed by atoms with van der Waals surface area (Å²) in [6, 6.07) is -0.0113. The zero-order valence-corrected chi connectivity index (χ0v) is 10.8. The van der Waals surface area contributed by atoms with Gasteiger partial charge in [0.2, 0.25) is 5.95 Å². The number of anilines is 1. The number of esters is 1. The lowest BCUT2D eigenvalue weighted by atomic mass is 10.2. The van der Waals surface area contributed by atoms with Crippen molar-refractivity contribution >= 4 is 23.1 Å². The lowest BCUT2D eigenvalue weighted by Crippen LogP contribution is -2.14. The molecule has 0 amide bonds. The number of hydrogen-bond donors (Lipinski definition) is 2. The number of nitrogens with two attached hydrogens (primary N) is 1. The van der Waals surface area contributed by atoms with E-state index in [1.54, 1.807) is 10.9 Å². The highest BCUT2D eigenvalue weighted by Crippen LogP contribution is 2.31. The van der Waals surface area contributed by atoms with E-state index in [-0.39, 0.29) is 29.0 Å². The molecule has 1 unspecified atom stereocenters. The van der Waals surface area contributed by atoms with Crippen LogP contribution in [0.4, 0.5) is 5.95 Å². The van der Waals surface area contributed by atoms with E-state index < -0.39 is 0 Å². The summed E-state index contributed by atoms with van der Waals surface area (Å²) in [6.45, 7) is 0. The van der Waals surface area contributed by atoms with E-state index in [1.165, 1.54) is 7.11 Å². The van der Waals surface area contributed by atoms with Crippen LogP contribution >= 0.6 is 0 Å². The van der Waals surface area contributed by atoms with Gasteiger partial charge in [-0.25, -0.2) is 9.78 Å². The minimum atomic E-state index is -0.370. The molecule has 0 aliphatic heterocycles. The van der Waals surface area contributed by atoms with Crippen molar-refractivity contribution in [1.29, 1.82) is 0 Å². The number of fused-ring (bicyclic) bond motifs is 1. The van der Waals surface area contributed by atoms with Gasteiger partial charge in [-0.3, -0.25) is 9.78 Å². The average Bonchev–Trinajstić information content (AvgIpc) is 3.03. The lowest BCUT2D eigenvalue weighted by Gasteiger charge is -2.12. The monoisotopic (exact) mass is 275 g/mol. The molecule has 0 fully saturated rings. The van der Waals surface area contributed by atoms with Crippen LogP contribution in [0.1, 0.15) is 18.9 Å². The highest BCUT2D eigenvalue weighted by Gasteiger charge is 2.25. The maximum atomic E-state index is 11.7. The molecule has 1 aliphatic carbocycles. The van der Waals surface area contributed by atoms with Crippen LogP contribution in [0.25, 0.3) is 11.2 Å². The molecule has 0 bridgehead atoms. The van der Waals surface area contributed by atoms with Crippen LogP contribution < -0.4 is 11.3 Å². The molecule has 2 heterocycles. The number of allylic oxidation sites excluding steroid dienone is 1. The fourth-order valence-corrected chi connectivity index (χ4v) is 2.42. The molecule has 3 N–H and O–H groups in total. The van der Waals surface area contributed by atoms with Crippen molar-refractivity contribution in [3.63, 3.8) is 0 Å². The fourth-order valence-electron chi connectivity index (χ4n) is 2.42.